The molecule has 2 aromatic rings. The van der Waals surface area contributed by atoms with Gasteiger partial charge >= 0.3 is 6.09 Å². The standard InChI is InChI=1S/C16H11BrN4O3/c1-16(11-4-7-13(17)19-9-11)14(22)21(15(23)24-16)20-12-5-2-10(8-18)3-6-12/h2-7,9,20H,1H3. The number of imide groups is 1. The lowest BCUT2D eigenvalue weighted by atomic mass is 9.97. The fraction of sp³-hybridized carbons (Fsp3) is 0.125. The summed E-state index contributed by atoms with van der Waals surface area (Å²) < 4.78 is 5.89. The largest absolute Gasteiger partial charge is 0.437 e. The van der Waals surface area contributed by atoms with Crippen LogP contribution in [0.2, 0.25) is 0 Å². The zero-order valence-corrected chi connectivity index (χ0v) is 14.1. The molecule has 0 saturated carbocycles. The van der Waals surface area contributed by atoms with E-state index in [0.717, 1.165) is 5.01 Å². The Kier molecular flexibility index (Phi) is 3.95. The van der Waals surface area contributed by atoms with Gasteiger partial charge in [0.05, 0.1) is 17.3 Å². The van der Waals surface area contributed by atoms with E-state index in [-0.39, 0.29) is 0 Å². The number of amides is 2. The molecule has 1 N–H and O–H groups in total. The van der Waals surface area contributed by atoms with Crippen molar-refractivity contribution in [3.05, 3.63) is 58.3 Å². The number of nitrogens with zero attached hydrogens (tertiary/aromatic N) is 3. The van der Waals surface area contributed by atoms with Gasteiger partial charge in [0.1, 0.15) is 4.60 Å². The molecular weight excluding hydrogens is 376 g/mol. The molecule has 3 rings (SSSR count). The molecule has 120 valence electrons. The van der Waals surface area contributed by atoms with E-state index < -0.39 is 17.6 Å². The first-order chi connectivity index (χ1) is 11.4. The lowest BCUT2D eigenvalue weighted by molar-refractivity contribution is -0.135. The number of anilines is 1. The van der Waals surface area contributed by atoms with Crippen LogP contribution in [0.5, 0.6) is 0 Å². The van der Waals surface area contributed by atoms with Crippen molar-refractivity contribution in [3.8, 4) is 6.07 Å². The second kappa shape index (κ2) is 5.94. The molecule has 1 aromatic heterocycles. The molecule has 1 unspecified atom stereocenters. The molecule has 0 spiro atoms. The van der Waals surface area contributed by atoms with Crippen molar-refractivity contribution in [1.29, 1.82) is 5.26 Å². The molecule has 0 bridgehead atoms. The molecule has 1 aromatic carbocycles. The summed E-state index contributed by atoms with van der Waals surface area (Å²) in [6.45, 7) is 1.51. The van der Waals surface area contributed by atoms with Crippen LogP contribution in [0.1, 0.15) is 18.1 Å². The van der Waals surface area contributed by atoms with Crippen molar-refractivity contribution in [2.75, 3.05) is 5.43 Å². The first-order valence-corrected chi connectivity index (χ1v) is 7.70. The van der Waals surface area contributed by atoms with Crippen LogP contribution >= 0.6 is 15.9 Å². The molecular formula is C16H11BrN4O3. The number of nitrogens with one attached hydrogen (secondary N) is 1. The fourth-order valence-electron chi connectivity index (χ4n) is 2.25. The number of aromatic nitrogens is 1. The summed E-state index contributed by atoms with van der Waals surface area (Å²) in [7, 11) is 0. The minimum Gasteiger partial charge on any atom is -0.426 e. The zero-order chi connectivity index (χ0) is 17.3. The molecule has 8 heteroatoms. The Morgan fingerprint density at radius 2 is 1.96 bits per heavy atom. The van der Waals surface area contributed by atoms with Gasteiger partial charge in [0.2, 0.25) is 5.60 Å². The predicted molar refractivity (Wildman–Crippen MR) is 87.4 cm³/mol. The molecule has 1 aliphatic heterocycles. The summed E-state index contributed by atoms with van der Waals surface area (Å²) in [5, 5.41) is 9.60. The third kappa shape index (κ3) is 2.70. The number of hydrazine groups is 1. The zero-order valence-electron chi connectivity index (χ0n) is 12.5. The number of carbonyl (C=O) groups is 2. The van der Waals surface area contributed by atoms with Crippen molar-refractivity contribution in [3.63, 3.8) is 0 Å². The molecule has 1 atom stereocenters. The normalized spacial score (nSPS) is 19.8. The summed E-state index contributed by atoms with van der Waals surface area (Å²) in [5.74, 6) is -0.555. The lowest BCUT2D eigenvalue weighted by Crippen LogP contribution is -2.40. The Morgan fingerprint density at radius 1 is 1.25 bits per heavy atom. The molecule has 7 nitrogen and oxygen atoms in total. The van der Waals surface area contributed by atoms with Crippen molar-refractivity contribution in [1.82, 2.24) is 9.99 Å². The Balaban J connectivity index is 1.85. The summed E-state index contributed by atoms with van der Waals surface area (Å²) in [5.41, 5.74) is 2.67. The second-order valence-corrected chi connectivity index (χ2v) is 6.02. The lowest BCUT2D eigenvalue weighted by Gasteiger charge is -2.20. The van der Waals surface area contributed by atoms with Gasteiger partial charge in [-0.2, -0.15) is 5.26 Å². The summed E-state index contributed by atoms with van der Waals surface area (Å²) >= 11 is 3.22. The molecule has 2 amide bonds. The summed E-state index contributed by atoms with van der Waals surface area (Å²) in [4.78, 5) is 28.8. The Labute approximate surface area is 146 Å². The quantitative estimate of drug-likeness (QED) is 0.814. The Morgan fingerprint density at radius 3 is 2.54 bits per heavy atom. The highest BCUT2D eigenvalue weighted by atomic mass is 79.9. The van der Waals surface area contributed by atoms with Gasteiger partial charge in [-0.05, 0) is 53.2 Å². The maximum absolute atomic E-state index is 12.7. The van der Waals surface area contributed by atoms with Crippen molar-refractivity contribution >= 4 is 33.6 Å². The Hall–Kier alpha value is -2.92. The van der Waals surface area contributed by atoms with Crippen LogP contribution < -0.4 is 5.43 Å². The van der Waals surface area contributed by atoms with E-state index in [1.54, 1.807) is 36.4 Å². The highest BCUT2D eigenvalue weighted by Gasteiger charge is 2.52. The minimum absolute atomic E-state index is 0.466. The number of nitriles is 1. The van der Waals surface area contributed by atoms with Gasteiger partial charge in [-0.25, -0.2) is 9.78 Å². The van der Waals surface area contributed by atoms with Gasteiger partial charge in [-0.3, -0.25) is 10.2 Å². The summed E-state index contributed by atoms with van der Waals surface area (Å²) in [6, 6.07) is 11.7. The van der Waals surface area contributed by atoms with Gasteiger partial charge in [-0.15, -0.1) is 5.01 Å². The third-order valence-electron chi connectivity index (χ3n) is 3.62. The SMILES string of the molecule is CC1(c2ccc(Br)nc2)OC(=O)N(Nc2ccc(C#N)cc2)C1=O. The maximum Gasteiger partial charge on any atom is 0.437 e. The van der Waals surface area contributed by atoms with E-state index in [4.69, 9.17) is 10.00 Å². The Bertz CT molecular complexity index is 845. The number of cyclic esters (lactones) is 1. The third-order valence-corrected chi connectivity index (χ3v) is 4.09. The molecule has 1 aliphatic rings. The van der Waals surface area contributed by atoms with E-state index in [2.05, 4.69) is 26.3 Å². The van der Waals surface area contributed by atoms with E-state index in [1.165, 1.54) is 13.1 Å². The molecule has 2 heterocycles. The molecule has 0 aliphatic carbocycles. The number of pyridine rings is 1. The molecule has 24 heavy (non-hydrogen) atoms. The second-order valence-electron chi connectivity index (χ2n) is 5.21. The van der Waals surface area contributed by atoms with Crippen molar-refractivity contribution < 1.29 is 14.3 Å². The van der Waals surface area contributed by atoms with Crippen LogP contribution in [-0.2, 0) is 15.1 Å². The van der Waals surface area contributed by atoms with Gasteiger partial charge in [0.25, 0.3) is 5.91 Å². The number of hydrogen-bond acceptors (Lipinski definition) is 6. The average molecular weight is 387 g/mol. The van der Waals surface area contributed by atoms with Crippen molar-refractivity contribution in [2.24, 2.45) is 0 Å². The van der Waals surface area contributed by atoms with E-state index >= 15 is 0 Å². The van der Waals surface area contributed by atoms with Crippen LogP contribution in [0.3, 0.4) is 0 Å². The first kappa shape index (κ1) is 16.0. The van der Waals surface area contributed by atoms with Crippen LogP contribution in [-0.4, -0.2) is 22.0 Å². The highest BCUT2D eigenvalue weighted by molar-refractivity contribution is 9.10. The van der Waals surface area contributed by atoms with Gasteiger partial charge in [0.15, 0.2) is 0 Å². The van der Waals surface area contributed by atoms with Crippen LogP contribution in [0.4, 0.5) is 10.5 Å². The molecule has 1 fully saturated rings. The van der Waals surface area contributed by atoms with E-state index in [0.29, 0.717) is 21.4 Å². The van der Waals surface area contributed by atoms with Crippen LogP contribution in [0.15, 0.2) is 47.2 Å². The number of hydrogen-bond donors (Lipinski definition) is 1. The number of halogens is 1. The predicted octanol–water partition coefficient (Wildman–Crippen LogP) is 2.94. The molecule has 1 saturated heterocycles. The maximum atomic E-state index is 12.7. The van der Waals surface area contributed by atoms with Gasteiger partial charge in [-0.1, -0.05) is 6.07 Å². The van der Waals surface area contributed by atoms with E-state index in [1.807, 2.05) is 6.07 Å². The summed E-state index contributed by atoms with van der Waals surface area (Å²) in [6.07, 6.45) is 0.662. The van der Waals surface area contributed by atoms with E-state index in [9.17, 15) is 9.59 Å². The first-order valence-electron chi connectivity index (χ1n) is 6.90. The highest BCUT2D eigenvalue weighted by Crippen LogP contribution is 2.34. The number of carbonyl (C=O) groups excluding carboxylic acids is 2. The van der Waals surface area contributed by atoms with Crippen molar-refractivity contribution in [2.45, 2.75) is 12.5 Å². The van der Waals surface area contributed by atoms with Gasteiger partial charge in [0, 0.05) is 11.8 Å². The number of ether oxygens (including phenoxy) is 1. The topological polar surface area (TPSA) is 95.3 Å². The number of rotatable bonds is 3. The van der Waals surface area contributed by atoms with Crippen LogP contribution in [0.25, 0.3) is 0 Å². The van der Waals surface area contributed by atoms with Crippen LogP contribution in [0, 0.1) is 11.3 Å². The van der Waals surface area contributed by atoms with Gasteiger partial charge < -0.3 is 4.74 Å². The fourth-order valence-corrected chi connectivity index (χ4v) is 2.48. The minimum atomic E-state index is -1.45. The monoisotopic (exact) mass is 386 g/mol. The smallest absolute Gasteiger partial charge is 0.426 e. The molecule has 0 radical (unpaired) electrons. The number of benzene rings is 1. The average Bonchev–Trinajstić information content (AvgIpc) is 2.80.